The lowest BCUT2D eigenvalue weighted by Crippen LogP contribution is -2.04. The maximum absolute atomic E-state index is 10.9. The van der Waals surface area contributed by atoms with Crippen LogP contribution in [0.1, 0.15) is 16.7 Å². The normalized spacial score (nSPS) is 10.3. The Morgan fingerprint density at radius 1 is 1.20 bits per heavy atom. The van der Waals surface area contributed by atoms with Crippen molar-refractivity contribution in [3.05, 3.63) is 67.7 Å². The van der Waals surface area contributed by atoms with E-state index in [-0.39, 0.29) is 5.69 Å². The molecular weight excluding hydrogens is 320 g/mol. The van der Waals surface area contributed by atoms with E-state index < -0.39 is 4.92 Å². The largest absolute Gasteiger partial charge is 0.381 e. The van der Waals surface area contributed by atoms with Crippen molar-refractivity contribution < 1.29 is 4.92 Å². The van der Waals surface area contributed by atoms with Crippen molar-refractivity contribution >= 4 is 27.3 Å². The number of halogens is 1. The monoisotopic (exact) mass is 334 g/mol. The van der Waals surface area contributed by atoms with Crippen LogP contribution in [0.15, 0.2) is 40.9 Å². The number of aryl methyl sites for hydroxylation is 2. The highest BCUT2D eigenvalue weighted by Crippen LogP contribution is 2.28. The molecule has 0 aromatic heterocycles. The van der Waals surface area contributed by atoms with Crippen LogP contribution in [0.3, 0.4) is 0 Å². The summed E-state index contributed by atoms with van der Waals surface area (Å²) in [6.45, 7) is 4.78. The molecule has 1 N–H and O–H groups in total. The Balaban J connectivity index is 2.19. The average molecular weight is 335 g/mol. The fraction of sp³-hybridized carbons (Fsp3) is 0.200. The molecule has 0 bridgehead atoms. The van der Waals surface area contributed by atoms with Crippen LogP contribution in [0.2, 0.25) is 0 Å². The zero-order chi connectivity index (χ0) is 14.7. The quantitative estimate of drug-likeness (QED) is 0.657. The second-order valence-corrected chi connectivity index (χ2v) is 5.50. The molecule has 0 saturated carbocycles. The molecule has 5 heteroatoms. The van der Waals surface area contributed by atoms with E-state index in [1.807, 2.05) is 12.1 Å². The van der Waals surface area contributed by atoms with E-state index in [1.165, 1.54) is 22.8 Å². The van der Waals surface area contributed by atoms with Crippen molar-refractivity contribution in [1.29, 1.82) is 0 Å². The van der Waals surface area contributed by atoms with E-state index in [2.05, 4.69) is 47.2 Å². The number of hydrogen-bond acceptors (Lipinski definition) is 3. The maximum atomic E-state index is 10.9. The Labute approximate surface area is 126 Å². The van der Waals surface area contributed by atoms with Crippen LogP contribution >= 0.6 is 15.9 Å². The Hall–Kier alpha value is -1.88. The van der Waals surface area contributed by atoms with E-state index in [0.29, 0.717) is 11.0 Å². The number of nitrogens with one attached hydrogen (secondary N) is 1. The van der Waals surface area contributed by atoms with Crippen molar-refractivity contribution in [2.24, 2.45) is 0 Å². The molecule has 0 atom stereocenters. The minimum Gasteiger partial charge on any atom is -0.381 e. The summed E-state index contributed by atoms with van der Waals surface area (Å²) >= 11 is 3.18. The molecule has 0 aliphatic heterocycles. The molecule has 0 heterocycles. The molecule has 0 aliphatic rings. The molecule has 2 rings (SSSR count). The molecule has 0 radical (unpaired) electrons. The summed E-state index contributed by atoms with van der Waals surface area (Å²) in [6, 6.07) is 11.2. The molecule has 0 spiro atoms. The lowest BCUT2D eigenvalue weighted by molar-refractivity contribution is -0.385. The van der Waals surface area contributed by atoms with Gasteiger partial charge >= 0.3 is 0 Å². The van der Waals surface area contributed by atoms with Gasteiger partial charge < -0.3 is 5.32 Å². The van der Waals surface area contributed by atoms with E-state index in [1.54, 1.807) is 6.07 Å². The van der Waals surface area contributed by atoms with Crippen molar-refractivity contribution in [3.63, 3.8) is 0 Å². The van der Waals surface area contributed by atoms with Gasteiger partial charge in [0, 0.05) is 18.3 Å². The third kappa shape index (κ3) is 3.17. The Morgan fingerprint density at radius 2 is 1.85 bits per heavy atom. The number of benzene rings is 2. The van der Waals surface area contributed by atoms with Gasteiger partial charge in [0.05, 0.1) is 9.40 Å². The fourth-order valence-electron chi connectivity index (χ4n) is 2.08. The predicted octanol–water partition coefficient (Wildman–Crippen LogP) is 4.59. The van der Waals surface area contributed by atoms with Crippen LogP contribution in [0.25, 0.3) is 0 Å². The molecular formula is C15H15BrN2O2. The van der Waals surface area contributed by atoms with Gasteiger partial charge in [-0.2, -0.15) is 0 Å². The average Bonchev–Trinajstić information content (AvgIpc) is 2.39. The minimum atomic E-state index is -0.395. The number of rotatable bonds is 4. The van der Waals surface area contributed by atoms with Gasteiger partial charge in [-0.05, 0) is 58.6 Å². The van der Waals surface area contributed by atoms with Crippen LogP contribution in [0, 0.1) is 24.0 Å². The number of hydrogen-bond donors (Lipinski definition) is 1. The molecule has 104 valence electrons. The van der Waals surface area contributed by atoms with Crippen LogP contribution in [-0.2, 0) is 6.54 Å². The van der Waals surface area contributed by atoms with Gasteiger partial charge in [0.15, 0.2) is 0 Å². The predicted molar refractivity (Wildman–Crippen MR) is 84.0 cm³/mol. The zero-order valence-electron chi connectivity index (χ0n) is 11.3. The Bertz CT molecular complexity index is 636. The summed E-state index contributed by atoms with van der Waals surface area (Å²) in [6.07, 6.45) is 0. The maximum Gasteiger partial charge on any atom is 0.285 e. The van der Waals surface area contributed by atoms with E-state index in [0.717, 1.165) is 5.69 Å². The first kappa shape index (κ1) is 14.5. The molecule has 2 aromatic rings. The molecule has 4 nitrogen and oxygen atoms in total. The standard InChI is InChI=1S/C15H15BrN2O2/c1-10-4-3-5-11(2)13(10)9-17-12-6-7-14(16)15(8-12)18(19)20/h3-8,17H,9H2,1-2H3. The summed E-state index contributed by atoms with van der Waals surface area (Å²) in [5.41, 5.74) is 4.45. The Kier molecular flexibility index (Phi) is 4.39. The number of nitro benzene ring substituents is 1. The smallest absolute Gasteiger partial charge is 0.285 e. The van der Waals surface area contributed by atoms with Gasteiger partial charge in [-0.1, -0.05) is 18.2 Å². The van der Waals surface area contributed by atoms with Crippen LogP contribution in [0.5, 0.6) is 0 Å². The Morgan fingerprint density at radius 3 is 2.45 bits per heavy atom. The topological polar surface area (TPSA) is 55.2 Å². The third-order valence-corrected chi connectivity index (χ3v) is 3.93. The molecule has 0 aliphatic carbocycles. The van der Waals surface area contributed by atoms with Gasteiger partial charge in [0.1, 0.15) is 0 Å². The lowest BCUT2D eigenvalue weighted by Gasteiger charge is -2.12. The molecule has 20 heavy (non-hydrogen) atoms. The third-order valence-electron chi connectivity index (χ3n) is 3.26. The second kappa shape index (κ2) is 6.05. The number of anilines is 1. The fourth-order valence-corrected chi connectivity index (χ4v) is 2.47. The first-order valence-corrected chi connectivity index (χ1v) is 7.01. The van der Waals surface area contributed by atoms with E-state index >= 15 is 0 Å². The van der Waals surface area contributed by atoms with E-state index in [9.17, 15) is 10.1 Å². The molecule has 2 aromatic carbocycles. The molecule has 0 saturated heterocycles. The van der Waals surface area contributed by atoms with Gasteiger partial charge in [-0.25, -0.2) is 0 Å². The highest BCUT2D eigenvalue weighted by Gasteiger charge is 2.12. The van der Waals surface area contributed by atoms with Crippen LogP contribution in [0.4, 0.5) is 11.4 Å². The first-order valence-electron chi connectivity index (χ1n) is 6.22. The summed E-state index contributed by atoms with van der Waals surface area (Å²) in [4.78, 5) is 10.5. The van der Waals surface area contributed by atoms with Gasteiger partial charge in [-0.3, -0.25) is 10.1 Å². The van der Waals surface area contributed by atoms with Crippen LogP contribution < -0.4 is 5.32 Å². The lowest BCUT2D eigenvalue weighted by atomic mass is 10.0. The second-order valence-electron chi connectivity index (χ2n) is 4.65. The first-order chi connectivity index (χ1) is 9.49. The summed E-state index contributed by atoms with van der Waals surface area (Å²) in [7, 11) is 0. The summed E-state index contributed by atoms with van der Waals surface area (Å²) < 4.78 is 0.486. The number of nitro groups is 1. The van der Waals surface area contributed by atoms with Crippen molar-refractivity contribution in [3.8, 4) is 0 Å². The van der Waals surface area contributed by atoms with Crippen molar-refractivity contribution in [2.45, 2.75) is 20.4 Å². The summed E-state index contributed by atoms with van der Waals surface area (Å²) in [5.74, 6) is 0. The van der Waals surface area contributed by atoms with Gasteiger partial charge in [-0.15, -0.1) is 0 Å². The highest BCUT2D eigenvalue weighted by atomic mass is 79.9. The molecule has 0 fully saturated rings. The SMILES string of the molecule is Cc1cccc(C)c1CNc1ccc(Br)c([N+](=O)[O-])c1. The van der Waals surface area contributed by atoms with Crippen molar-refractivity contribution in [2.75, 3.05) is 5.32 Å². The zero-order valence-corrected chi connectivity index (χ0v) is 12.9. The summed E-state index contributed by atoms with van der Waals surface area (Å²) in [5, 5.41) is 14.1. The van der Waals surface area contributed by atoms with E-state index in [4.69, 9.17) is 0 Å². The molecule has 0 unspecified atom stereocenters. The van der Waals surface area contributed by atoms with Gasteiger partial charge in [0.25, 0.3) is 5.69 Å². The molecule has 0 amide bonds. The van der Waals surface area contributed by atoms with Gasteiger partial charge in [0.2, 0.25) is 0 Å². The highest BCUT2D eigenvalue weighted by molar-refractivity contribution is 9.10. The number of nitrogens with zero attached hydrogens (tertiary/aromatic N) is 1. The minimum absolute atomic E-state index is 0.0662. The van der Waals surface area contributed by atoms with Crippen molar-refractivity contribution in [1.82, 2.24) is 0 Å². The van der Waals surface area contributed by atoms with Crippen LogP contribution in [-0.4, -0.2) is 4.92 Å².